The lowest BCUT2D eigenvalue weighted by molar-refractivity contribution is 0.186. The number of hydrogen-bond acceptors (Lipinski definition) is 0. The Hall–Kier alpha value is -3.47. The normalized spacial score (nSPS) is 24.3. The lowest BCUT2D eigenvalue weighted by Gasteiger charge is -2.36. The van der Waals surface area contributed by atoms with Crippen LogP contribution in [0.5, 0.6) is 0 Å². The van der Waals surface area contributed by atoms with E-state index in [2.05, 4.69) is 36.4 Å². The van der Waals surface area contributed by atoms with E-state index < -0.39 is 29.1 Å². The number of hydrogen-bond donors (Lipinski definition) is 0. The van der Waals surface area contributed by atoms with Crippen LogP contribution in [-0.2, 0) is 0 Å². The van der Waals surface area contributed by atoms with Crippen LogP contribution in [0.2, 0.25) is 0 Å². The van der Waals surface area contributed by atoms with E-state index in [1.165, 1.54) is 139 Å². The summed E-state index contributed by atoms with van der Waals surface area (Å²) < 4.78 is 66.7. The van der Waals surface area contributed by atoms with Gasteiger partial charge in [0.2, 0.25) is 0 Å². The molecule has 0 spiro atoms. The molecule has 0 atom stereocenters. The largest absolute Gasteiger partial charge is 0.204 e. The average molecular weight is 727 g/mol. The summed E-state index contributed by atoms with van der Waals surface area (Å²) in [6.07, 6.45) is 24.8. The summed E-state index contributed by atoms with van der Waals surface area (Å²) >= 11 is 0. The van der Waals surface area contributed by atoms with Gasteiger partial charge in [-0.2, -0.15) is 0 Å². The number of rotatable bonds is 6. The summed E-state index contributed by atoms with van der Waals surface area (Å²) in [5.74, 6) is -0.234. The predicted molar refractivity (Wildman–Crippen MR) is 206 cm³/mol. The Kier molecular flexibility index (Phi) is 12.7. The van der Waals surface area contributed by atoms with Gasteiger partial charge < -0.3 is 0 Å². The highest BCUT2D eigenvalue weighted by molar-refractivity contribution is 5.65. The minimum absolute atomic E-state index is 0.374. The molecule has 282 valence electrons. The molecule has 0 radical (unpaired) electrons. The van der Waals surface area contributed by atoms with Crippen LogP contribution >= 0.6 is 0 Å². The smallest absolute Gasteiger partial charge is 0.194 e. The molecule has 4 saturated carbocycles. The fourth-order valence-electron chi connectivity index (χ4n) is 10.4. The second-order valence-corrected chi connectivity index (χ2v) is 16.6. The summed E-state index contributed by atoms with van der Waals surface area (Å²) in [6.45, 7) is 0. The van der Waals surface area contributed by atoms with E-state index >= 15 is 0 Å². The first-order chi connectivity index (χ1) is 25.8. The minimum Gasteiger partial charge on any atom is -0.204 e. The predicted octanol–water partition coefficient (Wildman–Crippen LogP) is 15.1. The van der Waals surface area contributed by atoms with Gasteiger partial charge in [0.25, 0.3) is 0 Å². The van der Waals surface area contributed by atoms with Gasteiger partial charge in [-0.1, -0.05) is 119 Å². The van der Waals surface area contributed by atoms with Crippen LogP contribution in [0, 0.1) is 52.8 Å². The van der Waals surface area contributed by atoms with Gasteiger partial charge in [0.1, 0.15) is 0 Å². The Balaban J connectivity index is 0.000000164. The van der Waals surface area contributed by atoms with Crippen LogP contribution in [0.4, 0.5) is 22.0 Å². The second kappa shape index (κ2) is 17.8. The Morgan fingerprint density at radius 3 is 1.08 bits per heavy atom. The SMILES string of the molecule is Fc1cc(-c2ccc(C3CCC(C4CCCCC4)CC3)cc2)cc(F)c1F.Fc1ccc(-c2ccc(C3CCC(C4CCCCC4)CC3)cc2)cc1F. The van der Waals surface area contributed by atoms with Gasteiger partial charge in [-0.3, -0.25) is 0 Å². The van der Waals surface area contributed by atoms with E-state index in [0.717, 1.165) is 46.9 Å². The van der Waals surface area contributed by atoms with Crippen LogP contribution in [0.3, 0.4) is 0 Å². The first kappa shape index (κ1) is 37.8. The van der Waals surface area contributed by atoms with Crippen molar-refractivity contribution in [1.29, 1.82) is 0 Å². The van der Waals surface area contributed by atoms with E-state index in [4.69, 9.17) is 0 Å². The van der Waals surface area contributed by atoms with Gasteiger partial charge >= 0.3 is 0 Å². The summed E-state index contributed by atoms with van der Waals surface area (Å²) in [5, 5.41) is 0. The molecule has 4 fully saturated rings. The van der Waals surface area contributed by atoms with E-state index in [1.807, 2.05) is 12.1 Å². The molecule has 4 aliphatic carbocycles. The summed E-state index contributed by atoms with van der Waals surface area (Å²) in [6, 6.07) is 22.6. The molecule has 0 N–H and O–H groups in total. The van der Waals surface area contributed by atoms with E-state index in [-0.39, 0.29) is 0 Å². The Bertz CT molecular complexity index is 1730. The molecular formula is C48H55F5. The summed E-state index contributed by atoms with van der Waals surface area (Å²) in [4.78, 5) is 0. The Morgan fingerprint density at radius 1 is 0.302 bits per heavy atom. The van der Waals surface area contributed by atoms with Gasteiger partial charge in [0.05, 0.1) is 0 Å². The molecule has 0 bridgehead atoms. The van der Waals surface area contributed by atoms with Gasteiger partial charge in [-0.15, -0.1) is 0 Å². The lowest BCUT2D eigenvalue weighted by atomic mass is 9.70. The molecular weight excluding hydrogens is 672 g/mol. The molecule has 53 heavy (non-hydrogen) atoms. The van der Waals surface area contributed by atoms with Crippen LogP contribution in [0.1, 0.15) is 139 Å². The molecule has 0 heterocycles. The maximum Gasteiger partial charge on any atom is 0.194 e. The van der Waals surface area contributed by atoms with Crippen molar-refractivity contribution in [3.8, 4) is 22.3 Å². The molecule has 0 nitrogen and oxygen atoms in total. The quantitative estimate of drug-likeness (QED) is 0.137. The number of halogens is 5. The molecule has 8 rings (SSSR count). The fourth-order valence-corrected chi connectivity index (χ4v) is 10.4. The van der Waals surface area contributed by atoms with Gasteiger partial charge in [0, 0.05) is 0 Å². The third-order valence-corrected chi connectivity index (χ3v) is 13.5. The number of benzene rings is 4. The zero-order valence-corrected chi connectivity index (χ0v) is 31.1. The van der Waals surface area contributed by atoms with Crippen molar-refractivity contribution in [1.82, 2.24) is 0 Å². The molecule has 4 aromatic rings. The molecule has 0 saturated heterocycles. The van der Waals surface area contributed by atoms with Gasteiger partial charge in [-0.05, 0) is 145 Å². The highest BCUT2D eigenvalue weighted by Crippen LogP contribution is 2.44. The summed E-state index contributed by atoms with van der Waals surface area (Å²) in [5.41, 5.74) is 5.48. The van der Waals surface area contributed by atoms with Crippen molar-refractivity contribution < 1.29 is 22.0 Å². The van der Waals surface area contributed by atoms with Crippen molar-refractivity contribution in [3.05, 3.63) is 119 Å². The molecule has 0 aromatic heterocycles. The Morgan fingerprint density at radius 2 is 0.660 bits per heavy atom. The van der Waals surface area contributed by atoms with Crippen molar-refractivity contribution in [3.63, 3.8) is 0 Å². The minimum atomic E-state index is -1.41. The van der Waals surface area contributed by atoms with Crippen molar-refractivity contribution >= 4 is 0 Å². The molecule has 4 aromatic carbocycles. The zero-order chi connectivity index (χ0) is 36.7. The van der Waals surface area contributed by atoms with E-state index in [1.54, 1.807) is 6.07 Å². The van der Waals surface area contributed by atoms with Crippen LogP contribution < -0.4 is 0 Å². The third-order valence-electron chi connectivity index (χ3n) is 13.5. The standard InChI is InChI=1S/C24H27F3.C24H28F2/c25-22-14-21(15-23(26)24(22)27)20-12-10-19(11-13-20)18-8-6-17(7-9-18)16-4-2-1-3-5-16;25-23-15-14-22(16-24(23)26)21-12-10-20(11-13-21)19-8-6-18(7-9-19)17-4-2-1-3-5-17/h10-18H,1-9H2;10-19H,1-9H2. The topological polar surface area (TPSA) is 0 Å². The maximum absolute atomic E-state index is 13.5. The van der Waals surface area contributed by atoms with Gasteiger partial charge in [-0.25, -0.2) is 22.0 Å². The van der Waals surface area contributed by atoms with Crippen LogP contribution in [-0.4, -0.2) is 0 Å². The zero-order valence-electron chi connectivity index (χ0n) is 31.1. The maximum atomic E-state index is 13.5. The van der Waals surface area contributed by atoms with E-state index in [0.29, 0.717) is 23.0 Å². The average Bonchev–Trinajstić information content (AvgIpc) is 3.22. The third kappa shape index (κ3) is 9.43. The first-order valence-corrected chi connectivity index (χ1v) is 20.6. The molecule has 4 aliphatic rings. The summed E-state index contributed by atoms with van der Waals surface area (Å²) in [7, 11) is 0. The van der Waals surface area contributed by atoms with Gasteiger partial charge in [0.15, 0.2) is 29.1 Å². The monoisotopic (exact) mass is 726 g/mol. The first-order valence-electron chi connectivity index (χ1n) is 20.6. The molecule has 0 aliphatic heterocycles. The van der Waals surface area contributed by atoms with Crippen LogP contribution in [0.15, 0.2) is 78.9 Å². The fraction of sp³-hybridized carbons (Fsp3) is 0.500. The highest BCUT2D eigenvalue weighted by Gasteiger charge is 2.30. The molecule has 5 heteroatoms. The van der Waals surface area contributed by atoms with Crippen molar-refractivity contribution in [2.24, 2.45) is 23.7 Å². The second-order valence-electron chi connectivity index (χ2n) is 16.6. The van der Waals surface area contributed by atoms with Crippen molar-refractivity contribution in [2.75, 3.05) is 0 Å². The Labute approximate surface area is 313 Å². The van der Waals surface area contributed by atoms with Crippen LogP contribution in [0.25, 0.3) is 22.3 Å². The van der Waals surface area contributed by atoms with Crippen molar-refractivity contribution in [2.45, 2.75) is 127 Å². The van der Waals surface area contributed by atoms with E-state index in [9.17, 15) is 22.0 Å². The lowest BCUT2D eigenvalue weighted by Crippen LogP contribution is -2.23. The molecule has 0 amide bonds. The highest BCUT2D eigenvalue weighted by atomic mass is 19.2. The molecule has 0 unspecified atom stereocenters.